The van der Waals surface area contributed by atoms with E-state index in [0.717, 1.165) is 28.4 Å². The number of hydrogen-bond donors (Lipinski definition) is 1. The van der Waals surface area contributed by atoms with Gasteiger partial charge in [0.25, 0.3) is 0 Å². The molecule has 0 saturated carbocycles. The number of rotatable bonds is 2. The van der Waals surface area contributed by atoms with E-state index in [0.29, 0.717) is 5.89 Å². The molecule has 2 rings (SSSR count). The predicted octanol–water partition coefficient (Wildman–Crippen LogP) is 2.88. The first kappa shape index (κ1) is 11.0. The van der Waals surface area contributed by atoms with Gasteiger partial charge in [0.1, 0.15) is 11.5 Å². The fraction of sp³-hybridized carbons (Fsp3) is 0.417. The van der Waals surface area contributed by atoms with Crippen molar-refractivity contribution in [1.82, 2.24) is 4.98 Å². The van der Waals surface area contributed by atoms with E-state index in [1.807, 2.05) is 27.7 Å². The zero-order valence-electron chi connectivity index (χ0n) is 10.00. The molecule has 86 valence electrons. The van der Waals surface area contributed by atoms with Crippen molar-refractivity contribution in [2.75, 3.05) is 0 Å². The molecule has 4 heteroatoms. The molecule has 0 aliphatic carbocycles. The van der Waals surface area contributed by atoms with Crippen LogP contribution in [0.25, 0.3) is 11.3 Å². The Kier molecular flexibility index (Phi) is 2.59. The van der Waals surface area contributed by atoms with Gasteiger partial charge in [-0.25, -0.2) is 4.98 Å². The third kappa shape index (κ3) is 1.65. The van der Waals surface area contributed by atoms with E-state index in [1.54, 1.807) is 6.20 Å². The second-order valence-electron chi connectivity index (χ2n) is 4.07. The number of furan rings is 1. The van der Waals surface area contributed by atoms with Crippen LogP contribution in [0.3, 0.4) is 0 Å². The molecule has 0 aliphatic rings. The van der Waals surface area contributed by atoms with E-state index >= 15 is 0 Å². The van der Waals surface area contributed by atoms with Crippen molar-refractivity contribution in [2.24, 2.45) is 5.73 Å². The average Bonchev–Trinajstić information content (AvgIpc) is 2.74. The number of aryl methyl sites for hydroxylation is 2. The molecule has 16 heavy (non-hydrogen) atoms. The topological polar surface area (TPSA) is 65.2 Å². The van der Waals surface area contributed by atoms with Crippen molar-refractivity contribution in [2.45, 2.75) is 33.7 Å². The molecule has 0 radical (unpaired) electrons. The summed E-state index contributed by atoms with van der Waals surface area (Å²) in [6.45, 7) is 7.71. The van der Waals surface area contributed by atoms with Gasteiger partial charge in [-0.2, -0.15) is 0 Å². The third-order valence-electron chi connectivity index (χ3n) is 2.72. The van der Waals surface area contributed by atoms with Crippen LogP contribution in [-0.4, -0.2) is 4.98 Å². The van der Waals surface area contributed by atoms with Gasteiger partial charge in [-0.05, 0) is 27.7 Å². The van der Waals surface area contributed by atoms with Gasteiger partial charge >= 0.3 is 0 Å². The molecule has 2 aromatic rings. The van der Waals surface area contributed by atoms with Crippen molar-refractivity contribution in [3.8, 4) is 11.3 Å². The normalized spacial score (nSPS) is 13.1. The van der Waals surface area contributed by atoms with E-state index in [4.69, 9.17) is 14.6 Å². The van der Waals surface area contributed by atoms with Crippen molar-refractivity contribution < 1.29 is 8.83 Å². The Morgan fingerprint density at radius 2 is 1.88 bits per heavy atom. The Hall–Kier alpha value is -1.55. The lowest BCUT2D eigenvalue weighted by atomic mass is 10.1. The molecule has 2 N–H and O–H groups in total. The molecule has 0 fully saturated rings. The SMILES string of the molecule is Cc1oc(C)c(-c2cnc(C(C)N)o2)c1C. The van der Waals surface area contributed by atoms with Crippen molar-refractivity contribution in [3.05, 3.63) is 29.2 Å². The minimum absolute atomic E-state index is 0.192. The van der Waals surface area contributed by atoms with Gasteiger partial charge in [-0.3, -0.25) is 0 Å². The summed E-state index contributed by atoms with van der Waals surface area (Å²) in [7, 11) is 0. The summed E-state index contributed by atoms with van der Waals surface area (Å²) in [5.74, 6) is 3.03. The molecule has 4 nitrogen and oxygen atoms in total. The molecule has 1 atom stereocenters. The van der Waals surface area contributed by atoms with Crippen molar-refractivity contribution >= 4 is 0 Å². The molecule has 0 aliphatic heterocycles. The predicted molar refractivity (Wildman–Crippen MR) is 61.0 cm³/mol. The van der Waals surface area contributed by atoms with Crippen LogP contribution in [0.1, 0.15) is 35.9 Å². The maximum Gasteiger partial charge on any atom is 0.211 e. The van der Waals surface area contributed by atoms with Crippen molar-refractivity contribution in [3.63, 3.8) is 0 Å². The summed E-state index contributed by atoms with van der Waals surface area (Å²) in [5, 5.41) is 0. The lowest BCUT2D eigenvalue weighted by molar-refractivity contribution is 0.470. The first-order valence-electron chi connectivity index (χ1n) is 5.29. The number of aromatic nitrogens is 1. The fourth-order valence-corrected chi connectivity index (χ4v) is 1.77. The molecule has 0 bridgehead atoms. The van der Waals surface area contributed by atoms with Gasteiger partial charge in [0, 0.05) is 5.56 Å². The summed E-state index contributed by atoms with van der Waals surface area (Å²) in [5.41, 5.74) is 7.78. The molecule has 2 aromatic heterocycles. The molecule has 2 heterocycles. The van der Waals surface area contributed by atoms with E-state index in [9.17, 15) is 0 Å². The van der Waals surface area contributed by atoms with Gasteiger partial charge in [0.2, 0.25) is 5.89 Å². The highest BCUT2D eigenvalue weighted by Gasteiger charge is 2.18. The van der Waals surface area contributed by atoms with Gasteiger partial charge in [0.05, 0.1) is 17.8 Å². The molecule has 0 aromatic carbocycles. The summed E-state index contributed by atoms with van der Waals surface area (Å²) in [6.07, 6.45) is 1.70. The Bertz CT molecular complexity index is 509. The van der Waals surface area contributed by atoms with Gasteiger partial charge in [0.15, 0.2) is 5.76 Å². The van der Waals surface area contributed by atoms with E-state index in [2.05, 4.69) is 4.98 Å². The van der Waals surface area contributed by atoms with Gasteiger partial charge < -0.3 is 14.6 Å². The first-order valence-corrected chi connectivity index (χ1v) is 5.29. The van der Waals surface area contributed by atoms with Crippen LogP contribution in [0.15, 0.2) is 15.0 Å². The van der Waals surface area contributed by atoms with Crippen LogP contribution in [-0.2, 0) is 0 Å². The zero-order chi connectivity index (χ0) is 11.9. The number of nitrogens with zero attached hydrogens (tertiary/aromatic N) is 1. The summed E-state index contributed by atoms with van der Waals surface area (Å²) in [4.78, 5) is 4.15. The summed E-state index contributed by atoms with van der Waals surface area (Å²) in [6, 6.07) is -0.192. The van der Waals surface area contributed by atoms with Crippen LogP contribution in [0.4, 0.5) is 0 Å². The standard InChI is InChI=1S/C12H16N2O2/c1-6-8(3)15-9(4)11(6)10-5-14-12(16-10)7(2)13/h5,7H,13H2,1-4H3. The number of hydrogen-bond acceptors (Lipinski definition) is 4. The monoisotopic (exact) mass is 220 g/mol. The van der Waals surface area contributed by atoms with E-state index < -0.39 is 0 Å². The van der Waals surface area contributed by atoms with E-state index in [1.165, 1.54) is 0 Å². The lowest BCUT2D eigenvalue weighted by Crippen LogP contribution is -2.04. The van der Waals surface area contributed by atoms with Crippen LogP contribution < -0.4 is 5.73 Å². The Balaban J connectivity index is 2.50. The van der Waals surface area contributed by atoms with Crippen molar-refractivity contribution in [1.29, 1.82) is 0 Å². The van der Waals surface area contributed by atoms with Gasteiger partial charge in [-0.15, -0.1) is 0 Å². The molecule has 1 unspecified atom stereocenters. The number of oxazole rings is 1. The Labute approximate surface area is 94.5 Å². The minimum atomic E-state index is -0.192. The Morgan fingerprint density at radius 1 is 1.19 bits per heavy atom. The lowest BCUT2D eigenvalue weighted by Gasteiger charge is -1.98. The number of nitrogens with two attached hydrogens (primary N) is 1. The third-order valence-corrected chi connectivity index (χ3v) is 2.72. The molecular formula is C12H16N2O2. The Morgan fingerprint density at radius 3 is 2.31 bits per heavy atom. The average molecular weight is 220 g/mol. The first-order chi connectivity index (χ1) is 7.50. The van der Waals surface area contributed by atoms with E-state index in [-0.39, 0.29) is 6.04 Å². The fourth-order valence-electron chi connectivity index (χ4n) is 1.77. The highest BCUT2D eigenvalue weighted by Crippen LogP contribution is 2.32. The summed E-state index contributed by atoms with van der Waals surface area (Å²) < 4.78 is 11.2. The minimum Gasteiger partial charge on any atom is -0.466 e. The van der Waals surface area contributed by atoms with Gasteiger partial charge in [-0.1, -0.05) is 0 Å². The van der Waals surface area contributed by atoms with Crippen LogP contribution in [0, 0.1) is 20.8 Å². The largest absolute Gasteiger partial charge is 0.466 e. The molecule has 0 saturated heterocycles. The molecule has 0 amide bonds. The zero-order valence-corrected chi connectivity index (χ0v) is 10.00. The maximum absolute atomic E-state index is 5.71. The maximum atomic E-state index is 5.71. The highest BCUT2D eigenvalue weighted by atomic mass is 16.4. The van der Waals surface area contributed by atoms with Crippen LogP contribution >= 0.6 is 0 Å². The second kappa shape index (κ2) is 3.79. The molecule has 0 spiro atoms. The smallest absolute Gasteiger partial charge is 0.211 e. The second-order valence-corrected chi connectivity index (χ2v) is 4.07. The van der Waals surface area contributed by atoms with Crippen LogP contribution in [0.5, 0.6) is 0 Å². The summed E-state index contributed by atoms with van der Waals surface area (Å²) >= 11 is 0. The molecular weight excluding hydrogens is 204 g/mol. The highest BCUT2D eigenvalue weighted by molar-refractivity contribution is 5.64. The van der Waals surface area contributed by atoms with Crippen LogP contribution in [0.2, 0.25) is 0 Å². The quantitative estimate of drug-likeness (QED) is 0.845.